The fourth-order valence-electron chi connectivity index (χ4n) is 3.10. The molecule has 0 saturated carbocycles. The van der Waals surface area contributed by atoms with Crippen molar-refractivity contribution in [2.24, 2.45) is 0 Å². The number of nitrogen functional groups attached to an aromatic ring is 1. The van der Waals surface area contributed by atoms with E-state index in [1.54, 1.807) is 6.20 Å². The molecular formula is C16H19N7. The van der Waals surface area contributed by atoms with E-state index in [2.05, 4.69) is 54.2 Å². The van der Waals surface area contributed by atoms with E-state index in [1.807, 2.05) is 6.07 Å². The molecule has 0 unspecified atom stereocenters. The molecule has 118 valence electrons. The monoisotopic (exact) mass is 309 g/mol. The quantitative estimate of drug-likeness (QED) is 0.748. The summed E-state index contributed by atoms with van der Waals surface area (Å²) < 4.78 is 0. The summed E-state index contributed by atoms with van der Waals surface area (Å²) in [5.41, 5.74) is 7.80. The first-order chi connectivity index (χ1) is 11.3. The van der Waals surface area contributed by atoms with Gasteiger partial charge >= 0.3 is 0 Å². The Kier molecular flexibility index (Phi) is 3.45. The molecule has 0 radical (unpaired) electrons. The highest BCUT2D eigenvalue weighted by Crippen LogP contribution is 2.25. The summed E-state index contributed by atoms with van der Waals surface area (Å²) in [5, 5.41) is 7.86. The smallest absolute Gasteiger partial charge is 0.224 e. The van der Waals surface area contributed by atoms with E-state index in [0.29, 0.717) is 5.65 Å². The molecule has 1 aliphatic rings. The minimum atomic E-state index is 0.279. The number of nitrogens with two attached hydrogens (primary N) is 1. The number of H-pyrrole nitrogens is 1. The predicted molar refractivity (Wildman–Crippen MR) is 91.6 cm³/mol. The lowest BCUT2D eigenvalue weighted by Gasteiger charge is -2.24. The second-order valence-electron chi connectivity index (χ2n) is 5.70. The first-order valence-corrected chi connectivity index (χ1v) is 7.83. The summed E-state index contributed by atoms with van der Waals surface area (Å²) in [5.74, 6) is 1.15. The summed E-state index contributed by atoms with van der Waals surface area (Å²) in [6, 6.07) is 10.5. The van der Waals surface area contributed by atoms with Gasteiger partial charge in [0.1, 0.15) is 5.82 Å². The third-order valence-corrected chi connectivity index (χ3v) is 4.22. The van der Waals surface area contributed by atoms with Crippen molar-refractivity contribution < 1.29 is 0 Å². The normalized spacial score (nSPS) is 15.8. The predicted octanol–water partition coefficient (Wildman–Crippen LogP) is 1.65. The van der Waals surface area contributed by atoms with Crippen molar-refractivity contribution in [3.63, 3.8) is 0 Å². The van der Waals surface area contributed by atoms with Gasteiger partial charge in [0.15, 0.2) is 5.65 Å². The van der Waals surface area contributed by atoms with E-state index in [1.165, 1.54) is 5.69 Å². The molecule has 23 heavy (non-hydrogen) atoms. The molecule has 7 heteroatoms. The molecule has 3 N–H and O–H groups in total. The van der Waals surface area contributed by atoms with Crippen LogP contribution >= 0.6 is 0 Å². The lowest BCUT2D eigenvalue weighted by molar-refractivity contribution is 0.800. The Morgan fingerprint density at radius 1 is 0.957 bits per heavy atom. The third kappa shape index (κ3) is 2.65. The number of aromatic nitrogens is 4. The fraction of sp³-hybridized carbons (Fsp3) is 0.312. The number of hydrogen-bond donors (Lipinski definition) is 2. The Labute approximate surface area is 134 Å². The molecule has 0 aliphatic carbocycles. The van der Waals surface area contributed by atoms with Gasteiger partial charge in [-0.25, -0.2) is 0 Å². The SMILES string of the molecule is Nc1nc(N2CCCN(c3ccccc3)CC2)c2cn[nH]c2n1. The topological polar surface area (TPSA) is 87.0 Å². The van der Waals surface area contributed by atoms with Crippen LogP contribution in [0.4, 0.5) is 17.5 Å². The van der Waals surface area contributed by atoms with Crippen molar-refractivity contribution in [1.82, 2.24) is 20.2 Å². The highest BCUT2D eigenvalue weighted by Gasteiger charge is 2.19. The van der Waals surface area contributed by atoms with Crippen LogP contribution in [-0.2, 0) is 0 Å². The number of para-hydroxylation sites is 1. The van der Waals surface area contributed by atoms with Gasteiger partial charge in [-0.2, -0.15) is 15.1 Å². The first-order valence-electron chi connectivity index (χ1n) is 7.83. The summed E-state index contributed by atoms with van der Waals surface area (Å²) in [4.78, 5) is 13.3. The summed E-state index contributed by atoms with van der Waals surface area (Å²) in [6.45, 7) is 3.83. The van der Waals surface area contributed by atoms with Crippen molar-refractivity contribution in [3.8, 4) is 0 Å². The molecule has 1 aromatic carbocycles. The zero-order chi connectivity index (χ0) is 15.6. The lowest BCUT2D eigenvalue weighted by Crippen LogP contribution is -2.31. The molecule has 4 rings (SSSR count). The molecule has 1 saturated heterocycles. The number of aromatic amines is 1. The third-order valence-electron chi connectivity index (χ3n) is 4.22. The average Bonchev–Trinajstić information content (AvgIpc) is 2.90. The van der Waals surface area contributed by atoms with Gasteiger partial charge in [0, 0.05) is 31.9 Å². The Morgan fingerprint density at radius 2 is 1.74 bits per heavy atom. The van der Waals surface area contributed by atoms with Crippen molar-refractivity contribution in [3.05, 3.63) is 36.5 Å². The van der Waals surface area contributed by atoms with Crippen LogP contribution in [0, 0.1) is 0 Å². The fourth-order valence-corrected chi connectivity index (χ4v) is 3.10. The highest BCUT2D eigenvalue weighted by molar-refractivity contribution is 5.87. The maximum Gasteiger partial charge on any atom is 0.224 e. The van der Waals surface area contributed by atoms with Crippen LogP contribution in [0.25, 0.3) is 11.0 Å². The molecule has 7 nitrogen and oxygen atoms in total. The van der Waals surface area contributed by atoms with Gasteiger partial charge in [0.2, 0.25) is 5.95 Å². The maximum atomic E-state index is 5.84. The number of nitrogens with one attached hydrogen (secondary N) is 1. The molecule has 0 amide bonds. The van der Waals surface area contributed by atoms with Crippen LogP contribution in [0.5, 0.6) is 0 Å². The molecule has 1 fully saturated rings. The number of hydrogen-bond acceptors (Lipinski definition) is 6. The minimum absolute atomic E-state index is 0.279. The molecule has 0 atom stereocenters. The van der Waals surface area contributed by atoms with Gasteiger partial charge in [0.25, 0.3) is 0 Å². The van der Waals surface area contributed by atoms with Crippen molar-refractivity contribution >= 4 is 28.5 Å². The molecule has 3 heterocycles. The van der Waals surface area contributed by atoms with E-state index >= 15 is 0 Å². The van der Waals surface area contributed by atoms with Gasteiger partial charge in [-0.1, -0.05) is 18.2 Å². The second kappa shape index (κ2) is 5.75. The van der Waals surface area contributed by atoms with Gasteiger partial charge in [-0.15, -0.1) is 0 Å². The van der Waals surface area contributed by atoms with Crippen molar-refractivity contribution in [1.29, 1.82) is 0 Å². The first kappa shape index (κ1) is 13.8. The average molecular weight is 309 g/mol. The number of benzene rings is 1. The van der Waals surface area contributed by atoms with Gasteiger partial charge in [0.05, 0.1) is 11.6 Å². The molecule has 2 aromatic heterocycles. The van der Waals surface area contributed by atoms with Gasteiger partial charge in [-0.05, 0) is 18.6 Å². The number of nitrogens with zero attached hydrogens (tertiary/aromatic N) is 5. The van der Waals surface area contributed by atoms with Gasteiger partial charge < -0.3 is 15.5 Å². The number of anilines is 3. The van der Waals surface area contributed by atoms with E-state index < -0.39 is 0 Å². The van der Waals surface area contributed by atoms with Crippen molar-refractivity contribution in [2.45, 2.75) is 6.42 Å². The Morgan fingerprint density at radius 3 is 2.61 bits per heavy atom. The maximum absolute atomic E-state index is 5.84. The highest BCUT2D eigenvalue weighted by atomic mass is 15.3. The van der Waals surface area contributed by atoms with Crippen LogP contribution in [0.2, 0.25) is 0 Å². The second-order valence-corrected chi connectivity index (χ2v) is 5.70. The van der Waals surface area contributed by atoms with Crippen LogP contribution in [-0.4, -0.2) is 46.3 Å². The van der Waals surface area contributed by atoms with Gasteiger partial charge in [-0.3, -0.25) is 5.10 Å². The largest absolute Gasteiger partial charge is 0.370 e. The summed E-state index contributed by atoms with van der Waals surface area (Å²) >= 11 is 0. The Bertz CT molecular complexity index is 799. The van der Waals surface area contributed by atoms with Crippen LogP contribution in [0.3, 0.4) is 0 Å². The van der Waals surface area contributed by atoms with E-state index in [-0.39, 0.29) is 5.95 Å². The number of fused-ring (bicyclic) bond motifs is 1. The lowest BCUT2D eigenvalue weighted by atomic mass is 10.3. The van der Waals surface area contributed by atoms with Crippen LogP contribution in [0.15, 0.2) is 36.5 Å². The summed E-state index contributed by atoms with van der Waals surface area (Å²) in [7, 11) is 0. The molecule has 0 bridgehead atoms. The van der Waals surface area contributed by atoms with Crippen molar-refractivity contribution in [2.75, 3.05) is 41.7 Å². The van der Waals surface area contributed by atoms with E-state index in [9.17, 15) is 0 Å². The summed E-state index contributed by atoms with van der Waals surface area (Å²) in [6.07, 6.45) is 2.84. The van der Waals surface area contributed by atoms with Crippen LogP contribution < -0.4 is 15.5 Å². The minimum Gasteiger partial charge on any atom is -0.370 e. The molecule has 3 aromatic rings. The molecular weight excluding hydrogens is 290 g/mol. The van der Waals surface area contributed by atoms with E-state index in [4.69, 9.17) is 5.73 Å². The zero-order valence-electron chi connectivity index (χ0n) is 12.8. The van der Waals surface area contributed by atoms with E-state index in [0.717, 1.165) is 43.8 Å². The van der Waals surface area contributed by atoms with Crippen LogP contribution in [0.1, 0.15) is 6.42 Å². The number of rotatable bonds is 2. The molecule has 0 spiro atoms. The molecule has 1 aliphatic heterocycles. The standard InChI is InChI=1S/C16H19N7/c17-16-19-14-13(11-18-21-14)15(20-16)23-8-4-7-22(9-10-23)12-5-2-1-3-6-12/h1-3,5-6,11H,4,7-10H2,(H3,17,18,19,20,21). The Hall–Kier alpha value is -2.83. The zero-order valence-corrected chi connectivity index (χ0v) is 12.8. The Balaban J connectivity index is 1.60.